The van der Waals surface area contributed by atoms with Crippen LogP contribution in [-0.4, -0.2) is 73.5 Å². The molecule has 2 aromatic heterocycles. The number of hydrogen-bond donors (Lipinski definition) is 0. The zero-order valence-electron chi connectivity index (χ0n) is 22.4. The second-order valence-electron chi connectivity index (χ2n) is 8.93. The minimum absolute atomic E-state index is 0.0228. The van der Waals surface area contributed by atoms with Gasteiger partial charge >= 0.3 is 17.9 Å². The van der Waals surface area contributed by atoms with Crippen molar-refractivity contribution < 1.29 is 46.5 Å². The lowest BCUT2D eigenvalue weighted by Crippen LogP contribution is -2.57. The molecule has 0 radical (unpaired) electrons. The van der Waals surface area contributed by atoms with Crippen LogP contribution in [0.25, 0.3) is 11.3 Å². The van der Waals surface area contributed by atoms with Crippen molar-refractivity contribution >= 4 is 41.3 Å². The number of carbonyl (C=O) groups excluding carboxylic acids is 3. The summed E-state index contributed by atoms with van der Waals surface area (Å²) in [4.78, 5) is 36.1. The van der Waals surface area contributed by atoms with E-state index in [0.29, 0.717) is 12.1 Å². The average Bonchev–Trinajstić information content (AvgIpc) is 3.41. The maximum atomic E-state index is 13.9. The summed E-state index contributed by atoms with van der Waals surface area (Å²) in [6, 6.07) is 3.28. The number of aromatic nitrogens is 5. The molecule has 5 atom stereocenters. The number of nitriles is 1. The van der Waals surface area contributed by atoms with Crippen molar-refractivity contribution in [2.24, 2.45) is 0 Å². The normalized spacial score (nSPS) is 21.5. The van der Waals surface area contributed by atoms with Crippen molar-refractivity contribution in [2.45, 2.75) is 55.6 Å². The zero-order valence-corrected chi connectivity index (χ0v) is 23.9. The monoisotopic (exact) mass is 640 g/mol. The summed E-state index contributed by atoms with van der Waals surface area (Å²) in [5.74, 6) is -6.86. The van der Waals surface area contributed by atoms with E-state index in [2.05, 4.69) is 20.5 Å². The number of rotatable bonds is 8. The first-order chi connectivity index (χ1) is 20.4. The topological polar surface area (TPSA) is 168 Å². The summed E-state index contributed by atoms with van der Waals surface area (Å²) in [5.41, 5.74) is -1.60. The number of benzene rings is 1. The summed E-state index contributed by atoms with van der Waals surface area (Å²) in [6.45, 7) is 2.93. The van der Waals surface area contributed by atoms with Gasteiger partial charge in [0.1, 0.15) is 41.0 Å². The SMILES string of the molecule is CC(=O)OCC1O[C@H](Sc2cc(Cl)c(C#N)nn2)C(OC(C)=O)[C@@H](n2cc(-c3cc(F)c(F)c(F)c3)nn2)[C@H]1OC(C)=O. The van der Waals surface area contributed by atoms with Crippen LogP contribution in [0.2, 0.25) is 5.02 Å². The van der Waals surface area contributed by atoms with Crippen LogP contribution in [0.3, 0.4) is 0 Å². The van der Waals surface area contributed by atoms with Gasteiger partial charge in [-0.3, -0.25) is 14.4 Å². The Morgan fingerprint density at radius 3 is 2.26 bits per heavy atom. The Bertz CT molecular complexity index is 1580. The number of esters is 3. The highest BCUT2D eigenvalue weighted by Crippen LogP contribution is 2.41. The molecule has 4 rings (SSSR count). The first-order valence-corrected chi connectivity index (χ1v) is 13.4. The second-order valence-corrected chi connectivity index (χ2v) is 10.5. The molecule has 0 bridgehead atoms. The second kappa shape index (κ2) is 13.4. The molecule has 0 spiro atoms. The molecular formula is C25H20ClF3N6O7S. The lowest BCUT2D eigenvalue weighted by Gasteiger charge is -2.44. The first-order valence-electron chi connectivity index (χ1n) is 12.2. The van der Waals surface area contributed by atoms with Crippen LogP contribution < -0.4 is 0 Å². The predicted molar refractivity (Wildman–Crippen MR) is 138 cm³/mol. The van der Waals surface area contributed by atoms with Crippen molar-refractivity contribution in [1.82, 2.24) is 25.2 Å². The lowest BCUT2D eigenvalue weighted by atomic mass is 9.96. The fraction of sp³-hybridized carbons (Fsp3) is 0.360. The van der Waals surface area contributed by atoms with E-state index in [9.17, 15) is 27.6 Å². The maximum Gasteiger partial charge on any atom is 0.303 e. The van der Waals surface area contributed by atoms with Gasteiger partial charge in [-0.2, -0.15) is 5.26 Å². The van der Waals surface area contributed by atoms with E-state index < -0.39 is 71.8 Å². The third-order valence-electron chi connectivity index (χ3n) is 5.83. The molecule has 0 amide bonds. The smallest absolute Gasteiger partial charge is 0.303 e. The highest BCUT2D eigenvalue weighted by atomic mass is 35.5. The van der Waals surface area contributed by atoms with Gasteiger partial charge in [-0.25, -0.2) is 17.9 Å². The Balaban J connectivity index is 1.82. The molecule has 18 heteroatoms. The van der Waals surface area contributed by atoms with Gasteiger partial charge in [0.15, 0.2) is 35.4 Å². The van der Waals surface area contributed by atoms with Crippen molar-refractivity contribution in [1.29, 1.82) is 5.26 Å². The van der Waals surface area contributed by atoms with Crippen LogP contribution in [0.5, 0.6) is 0 Å². The number of nitrogens with zero attached hydrogens (tertiary/aromatic N) is 6. The highest BCUT2D eigenvalue weighted by Gasteiger charge is 2.52. The lowest BCUT2D eigenvalue weighted by molar-refractivity contribution is -0.212. The van der Waals surface area contributed by atoms with Gasteiger partial charge in [0.2, 0.25) is 0 Å². The molecule has 0 aliphatic carbocycles. The fourth-order valence-corrected chi connectivity index (χ4v) is 5.45. The molecule has 43 heavy (non-hydrogen) atoms. The predicted octanol–water partition coefficient (Wildman–Crippen LogP) is 3.16. The van der Waals surface area contributed by atoms with Gasteiger partial charge in [0, 0.05) is 26.3 Å². The standard InChI is InChI=1S/C25H20ClF3N6O7S/c1-10(36)39-9-19-23(40-11(2)37)22(35-8-18(32-34-35)13-4-15(27)21(29)16(28)5-13)24(41-12(3)38)25(42-19)43-20-6-14(26)17(7-30)31-33-20/h4-6,8,19,22-25H,9H2,1-3H3/t19?,22-,23-,24?,25+/m0/s1. The summed E-state index contributed by atoms with van der Waals surface area (Å²) in [5, 5.41) is 24.8. The minimum Gasteiger partial charge on any atom is -0.463 e. The third kappa shape index (κ3) is 7.39. The zero-order chi connectivity index (χ0) is 31.4. The summed E-state index contributed by atoms with van der Waals surface area (Å²) < 4.78 is 64.9. The van der Waals surface area contributed by atoms with Gasteiger partial charge in [-0.15, -0.1) is 15.3 Å². The molecule has 1 fully saturated rings. The average molecular weight is 641 g/mol. The Morgan fingerprint density at radius 2 is 1.67 bits per heavy atom. The molecule has 3 heterocycles. The molecule has 0 saturated carbocycles. The van der Waals surface area contributed by atoms with E-state index in [-0.39, 0.29) is 27.0 Å². The molecule has 1 aliphatic heterocycles. The number of carbonyl (C=O) groups is 3. The van der Waals surface area contributed by atoms with Gasteiger partial charge < -0.3 is 18.9 Å². The Kier molecular flexibility index (Phi) is 9.84. The molecule has 1 aliphatic rings. The Labute approximate surface area is 250 Å². The van der Waals surface area contributed by atoms with Crippen molar-refractivity contribution in [2.75, 3.05) is 6.61 Å². The summed E-state index contributed by atoms with van der Waals surface area (Å²) in [6.07, 6.45) is -2.63. The van der Waals surface area contributed by atoms with E-state index in [1.54, 1.807) is 6.07 Å². The molecule has 13 nitrogen and oxygen atoms in total. The highest BCUT2D eigenvalue weighted by molar-refractivity contribution is 7.99. The maximum absolute atomic E-state index is 13.9. The van der Waals surface area contributed by atoms with E-state index in [1.165, 1.54) is 12.3 Å². The van der Waals surface area contributed by atoms with Gasteiger partial charge in [0.25, 0.3) is 0 Å². The van der Waals surface area contributed by atoms with Crippen LogP contribution in [-0.2, 0) is 33.3 Å². The third-order valence-corrected chi connectivity index (χ3v) is 7.18. The molecule has 0 N–H and O–H groups in total. The number of hydrogen-bond acceptors (Lipinski definition) is 13. The summed E-state index contributed by atoms with van der Waals surface area (Å²) in [7, 11) is 0. The van der Waals surface area contributed by atoms with Crippen LogP contribution in [0.4, 0.5) is 13.2 Å². The van der Waals surface area contributed by atoms with Gasteiger partial charge in [0.05, 0.1) is 11.2 Å². The van der Waals surface area contributed by atoms with E-state index in [1.807, 2.05) is 0 Å². The molecule has 1 aromatic carbocycles. The Morgan fingerprint density at radius 1 is 1.02 bits per heavy atom. The molecule has 1 saturated heterocycles. The number of halogens is 4. The first kappa shape index (κ1) is 31.7. The molecule has 226 valence electrons. The molecule has 3 aromatic rings. The Hall–Kier alpha value is -4.27. The molecular weight excluding hydrogens is 621 g/mol. The van der Waals surface area contributed by atoms with Crippen LogP contribution in [0.1, 0.15) is 32.5 Å². The van der Waals surface area contributed by atoms with E-state index >= 15 is 0 Å². The number of ether oxygens (including phenoxy) is 4. The van der Waals surface area contributed by atoms with Gasteiger partial charge in [-0.05, 0) is 18.2 Å². The van der Waals surface area contributed by atoms with Crippen LogP contribution in [0, 0.1) is 28.8 Å². The van der Waals surface area contributed by atoms with E-state index in [0.717, 1.165) is 37.2 Å². The fourth-order valence-electron chi connectivity index (χ4n) is 4.14. The quantitative estimate of drug-likeness (QED) is 0.200. The molecule has 2 unspecified atom stereocenters. The van der Waals surface area contributed by atoms with Crippen molar-refractivity contribution in [3.63, 3.8) is 0 Å². The van der Waals surface area contributed by atoms with Crippen molar-refractivity contribution in [3.05, 3.63) is 52.6 Å². The number of thioether (sulfide) groups is 1. The van der Waals surface area contributed by atoms with Gasteiger partial charge in [-0.1, -0.05) is 28.6 Å². The van der Waals surface area contributed by atoms with E-state index in [4.69, 9.17) is 35.8 Å². The van der Waals surface area contributed by atoms with Crippen LogP contribution >= 0.6 is 23.4 Å². The summed E-state index contributed by atoms with van der Waals surface area (Å²) >= 11 is 6.96. The minimum atomic E-state index is -1.68. The van der Waals surface area contributed by atoms with Crippen LogP contribution in [0.15, 0.2) is 29.4 Å². The van der Waals surface area contributed by atoms with Crippen molar-refractivity contribution in [3.8, 4) is 17.3 Å². The largest absolute Gasteiger partial charge is 0.463 e.